The van der Waals surface area contributed by atoms with Gasteiger partial charge in [0.2, 0.25) is 5.95 Å². The van der Waals surface area contributed by atoms with E-state index in [4.69, 9.17) is 0 Å². The first kappa shape index (κ1) is 11.7. The van der Waals surface area contributed by atoms with E-state index in [0.717, 1.165) is 21.9 Å². The molecule has 19 heavy (non-hydrogen) atoms. The van der Waals surface area contributed by atoms with Gasteiger partial charge in [-0.15, -0.1) is 12.6 Å². The smallest absolute Gasteiger partial charge is 0.229 e. The SMILES string of the molecule is Sc1ccc2c(c1)N(c1ncc(Br)cn1)CC21CC1. The number of nitrogens with zero attached hydrogens (tertiary/aromatic N) is 3. The third-order valence-electron chi connectivity index (χ3n) is 4.01. The van der Waals surface area contributed by atoms with Crippen LogP contribution in [0.25, 0.3) is 0 Å². The van der Waals surface area contributed by atoms with Gasteiger partial charge < -0.3 is 4.90 Å². The Kier molecular flexibility index (Phi) is 2.45. The van der Waals surface area contributed by atoms with Gasteiger partial charge in [-0.1, -0.05) is 6.07 Å². The van der Waals surface area contributed by atoms with E-state index in [0.29, 0.717) is 5.41 Å². The molecule has 0 unspecified atom stereocenters. The number of rotatable bonds is 1. The highest BCUT2D eigenvalue weighted by Crippen LogP contribution is 2.57. The Morgan fingerprint density at radius 2 is 1.95 bits per heavy atom. The molecular formula is C14H12BrN3S. The van der Waals surface area contributed by atoms with Gasteiger partial charge in [0, 0.05) is 34.9 Å². The van der Waals surface area contributed by atoms with Crippen LogP contribution >= 0.6 is 28.6 Å². The van der Waals surface area contributed by atoms with Crippen molar-refractivity contribution < 1.29 is 0 Å². The fraction of sp³-hybridized carbons (Fsp3) is 0.286. The molecule has 1 aliphatic heterocycles. The van der Waals surface area contributed by atoms with Gasteiger partial charge in [-0.2, -0.15) is 0 Å². The average Bonchev–Trinajstić information content (AvgIpc) is 3.10. The number of hydrogen-bond donors (Lipinski definition) is 1. The molecule has 2 aliphatic rings. The van der Waals surface area contributed by atoms with Crippen LogP contribution in [0.1, 0.15) is 18.4 Å². The summed E-state index contributed by atoms with van der Waals surface area (Å²) in [6.07, 6.45) is 6.12. The van der Waals surface area contributed by atoms with Crippen molar-refractivity contribution in [2.24, 2.45) is 0 Å². The van der Waals surface area contributed by atoms with Crippen LogP contribution < -0.4 is 4.90 Å². The third-order valence-corrected chi connectivity index (χ3v) is 4.69. The number of benzene rings is 1. The highest BCUT2D eigenvalue weighted by atomic mass is 79.9. The molecule has 1 spiro atoms. The maximum Gasteiger partial charge on any atom is 0.229 e. The number of aromatic nitrogens is 2. The van der Waals surface area contributed by atoms with Crippen LogP contribution in [0.15, 0.2) is 40.0 Å². The number of fused-ring (bicyclic) bond motifs is 2. The molecular weight excluding hydrogens is 322 g/mol. The van der Waals surface area contributed by atoms with Crippen LogP contribution in [0.5, 0.6) is 0 Å². The van der Waals surface area contributed by atoms with Crippen molar-refractivity contribution in [1.82, 2.24) is 9.97 Å². The zero-order chi connectivity index (χ0) is 13.0. The molecule has 0 radical (unpaired) electrons. The highest BCUT2D eigenvalue weighted by molar-refractivity contribution is 9.10. The second kappa shape index (κ2) is 3.96. The van der Waals surface area contributed by atoms with Gasteiger partial charge in [0.05, 0.1) is 4.47 Å². The van der Waals surface area contributed by atoms with E-state index < -0.39 is 0 Å². The number of halogens is 1. The summed E-state index contributed by atoms with van der Waals surface area (Å²) in [5.41, 5.74) is 2.98. The molecule has 4 rings (SSSR count). The van der Waals surface area contributed by atoms with Crippen molar-refractivity contribution in [2.45, 2.75) is 23.2 Å². The summed E-state index contributed by atoms with van der Waals surface area (Å²) in [6, 6.07) is 6.41. The molecule has 3 nitrogen and oxygen atoms in total. The van der Waals surface area contributed by atoms with E-state index in [1.165, 1.54) is 24.1 Å². The molecule has 5 heteroatoms. The Hall–Kier alpha value is -1.07. The number of hydrogen-bond acceptors (Lipinski definition) is 4. The second-order valence-electron chi connectivity index (χ2n) is 5.27. The van der Waals surface area contributed by atoms with Gasteiger partial charge in [-0.3, -0.25) is 0 Å². The molecule has 1 fully saturated rings. The van der Waals surface area contributed by atoms with Crippen LogP contribution in [0, 0.1) is 0 Å². The van der Waals surface area contributed by atoms with Crippen molar-refractivity contribution in [1.29, 1.82) is 0 Å². The summed E-state index contributed by atoms with van der Waals surface area (Å²) < 4.78 is 0.903. The van der Waals surface area contributed by atoms with Crippen molar-refractivity contribution in [3.8, 4) is 0 Å². The first-order chi connectivity index (χ1) is 9.18. The number of thiol groups is 1. The molecule has 1 saturated carbocycles. The Labute approximate surface area is 125 Å². The minimum absolute atomic E-state index is 0.341. The Morgan fingerprint density at radius 3 is 2.63 bits per heavy atom. The summed E-state index contributed by atoms with van der Waals surface area (Å²) >= 11 is 7.83. The molecule has 0 atom stereocenters. The van der Waals surface area contributed by atoms with Gasteiger partial charge in [-0.05, 0) is 46.5 Å². The summed E-state index contributed by atoms with van der Waals surface area (Å²) in [7, 11) is 0. The monoisotopic (exact) mass is 333 g/mol. The molecule has 1 aromatic heterocycles. The van der Waals surface area contributed by atoms with Crippen LogP contribution in [-0.4, -0.2) is 16.5 Å². The van der Waals surface area contributed by atoms with Gasteiger partial charge in [-0.25, -0.2) is 9.97 Å². The minimum Gasteiger partial charge on any atom is -0.309 e. The normalized spacial score (nSPS) is 18.7. The quantitative estimate of drug-likeness (QED) is 0.806. The maximum absolute atomic E-state index is 4.45. The highest BCUT2D eigenvalue weighted by Gasteiger charge is 2.52. The van der Waals surface area contributed by atoms with Crippen LogP contribution in [0.4, 0.5) is 11.6 Å². The van der Waals surface area contributed by atoms with Gasteiger partial charge in [0.1, 0.15) is 0 Å². The summed E-state index contributed by atoms with van der Waals surface area (Å²) in [5, 5.41) is 0. The molecule has 0 bridgehead atoms. The van der Waals surface area contributed by atoms with Gasteiger partial charge in [0.15, 0.2) is 0 Å². The van der Waals surface area contributed by atoms with Gasteiger partial charge >= 0.3 is 0 Å². The summed E-state index contributed by atoms with van der Waals surface area (Å²) in [6.45, 7) is 0.987. The first-order valence-corrected chi connectivity index (χ1v) is 7.51. The zero-order valence-electron chi connectivity index (χ0n) is 10.2. The van der Waals surface area contributed by atoms with E-state index in [-0.39, 0.29) is 0 Å². The van der Waals surface area contributed by atoms with Crippen LogP contribution in [-0.2, 0) is 5.41 Å². The van der Waals surface area contributed by atoms with Crippen molar-refractivity contribution >= 4 is 40.2 Å². The van der Waals surface area contributed by atoms with Crippen molar-refractivity contribution in [3.63, 3.8) is 0 Å². The largest absolute Gasteiger partial charge is 0.309 e. The lowest BCUT2D eigenvalue weighted by Crippen LogP contribution is -2.21. The molecule has 0 N–H and O–H groups in total. The predicted molar refractivity (Wildman–Crippen MR) is 81.3 cm³/mol. The zero-order valence-corrected chi connectivity index (χ0v) is 12.7. The number of anilines is 2. The lowest BCUT2D eigenvalue weighted by atomic mass is 9.99. The predicted octanol–water partition coefficient (Wildman–Crippen LogP) is 3.71. The van der Waals surface area contributed by atoms with E-state index in [9.17, 15) is 0 Å². The van der Waals surface area contributed by atoms with E-state index in [1.54, 1.807) is 12.4 Å². The van der Waals surface area contributed by atoms with Crippen LogP contribution in [0.2, 0.25) is 0 Å². The lowest BCUT2D eigenvalue weighted by molar-refractivity contribution is 0.735. The molecule has 2 heterocycles. The lowest BCUT2D eigenvalue weighted by Gasteiger charge is -2.17. The molecule has 96 valence electrons. The third kappa shape index (κ3) is 1.79. The molecule has 1 aliphatic carbocycles. The van der Waals surface area contributed by atoms with Crippen molar-refractivity contribution in [3.05, 3.63) is 40.6 Å². The molecule has 0 saturated heterocycles. The van der Waals surface area contributed by atoms with Crippen LogP contribution in [0.3, 0.4) is 0 Å². The Bertz CT molecular complexity index is 652. The fourth-order valence-corrected chi connectivity index (χ4v) is 3.27. The minimum atomic E-state index is 0.341. The van der Waals surface area contributed by atoms with E-state index in [1.807, 2.05) is 0 Å². The van der Waals surface area contributed by atoms with Crippen molar-refractivity contribution in [2.75, 3.05) is 11.4 Å². The average molecular weight is 334 g/mol. The van der Waals surface area contributed by atoms with Gasteiger partial charge in [0.25, 0.3) is 0 Å². The first-order valence-electron chi connectivity index (χ1n) is 6.27. The summed E-state index contributed by atoms with van der Waals surface area (Å²) in [4.78, 5) is 12.1. The molecule has 2 aromatic rings. The topological polar surface area (TPSA) is 29.0 Å². The standard InChI is InChI=1S/C14H12BrN3S/c15-9-6-16-13(17-7-9)18-8-14(3-4-14)11-2-1-10(19)5-12(11)18/h1-2,5-7,19H,3-4,8H2. The van der Waals surface area contributed by atoms with E-state index >= 15 is 0 Å². The summed E-state index contributed by atoms with van der Waals surface area (Å²) in [5.74, 6) is 0.771. The Balaban J connectivity index is 1.84. The Morgan fingerprint density at radius 1 is 1.21 bits per heavy atom. The van der Waals surface area contributed by atoms with E-state index in [2.05, 4.69) is 61.6 Å². The maximum atomic E-state index is 4.45. The molecule has 0 amide bonds. The molecule has 1 aromatic carbocycles. The second-order valence-corrected chi connectivity index (χ2v) is 6.70. The fourth-order valence-electron chi connectivity index (χ4n) is 2.87.